The number of rotatable bonds is 1. The summed E-state index contributed by atoms with van der Waals surface area (Å²) in [5, 5.41) is 13.3. The number of halogens is 1. The third-order valence-electron chi connectivity index (χ3n) is 3.43. The minimum atomic E-state index is 0.460. The molecule has 0 unspecified atom stereocenters. The summed E-state index contributed by atoms with van der Waals surface area (Å²) >= 11 is 6.33. The third-order valence-corrected chi connectivity index (χ3v) is 3.76. The molecule has 0 saturated heterocycles. The van der Waals surface area contributed by atoms with Crippen molar-refractivity contribution >= 4 is 41.6 Å². The van der Waals surface area contributed by atoms with Gasteiger partial charge in [-0.15, -0.1) is 0 Å². The molecule has 100 valence electrons. The van der Waals surface area contributed by atoms with Crippen LogP contribution in [0.25, 0.3) is 27.9 Å². The lowest BCUT2D eigenvalue weighted by atomic mass is 9.93. The molecule has 7 heteroatoms. The van der Waals surface area contributed by atoms with E-state index in [0.29, 0.717) is 10.8 Å². The van der Waals surface area contributed by atoms with Crippen LogP contribution in [-0.2, 0) is 0 Å². The maximum atomic E-state index is 6.33. The quantitative estimate of drug-likeness (QED) is 0.496. The Morgan fingerprint density at radius 1 is 1.10 bits per heavy atom. The third kappa shape index (κ3) is 1.87. The van der Waals surface area contributed by atoms with Crippen LogP contribution in [0.15, 0.2) is 42.5 Å². The number of fused-ring (bicyclic) bond motifs is 3. The maximum absolute atomic E-state index is 6.33. The van der Waals surface area contributed by atoms with Gasteiger partial charge in [0.2, 0.25) is 0 Å². The fraction of sp³-hybridized carbons (Fsp3) is 0. The molecule has 2 heterocycles. The van der Waals surface area contributed by atoms with Gasteiger partial charge in [-0.05, 0) is 22.6 Å². The fourth-order valence-electron chi connectivity index (χ4n) is 2.45. The molecule has 0 aliphatic rings. The maximum Gasteiger partial charge on any atom is 0.274 e. The van der Waals surface area contributed by atoms with Gasteiger partial charge in [0.15, 0.2) is 0 Å². The Hall–Kier alpha value is -2.47. The molecular formula is C14H9BClN5. The van der Waals surface area contributed by atoms with E-state index in [0.717, 1.165) is 27.6 Å². The summed E-state index contributed by atoms with van der Waals surface area (Å²) in [5.41, 5.74) is 3.72. The van der Waals surface area contributed by atoms with E-state index in [-0.39, 0.29) is 0 Å². The van der Waals surface area contributed by atoms with Crippen molar-refractivity contribution < 1.29 is 0 Å². The molecule has 0 fully saturated rings. The molecule has 4 aromatic rings. The number of hydrogen-bond donors (Lipinski definition) is 0. The van der Waals surface area contributed by atoms with Gasteiger partial charge < -0.3 is 0 Å². The molecule has 0 aliphatic heterocycles. The average molecular weight is 294 g/mol. The van der Waals surface area contributed by atoms with Crippen molar-refractivity contribution in [1.29, 1.82) is 0 Å². The number of tetrazole rings is 1. The van der Waals surface area contributed by atoms with Crippen LogP contribution in [0.2, 0.25) is 5.02 Å². The van der Waals surface area contributed by atoms with Gasteiger partial charge in [-0.1, -0.05) is 52.5 Å². The van der Waals surface area contributed by atoms with Gasteiger partial charge in [0, 0.05) is 16.0 Å². The van der Waals surface area contributed by atoms with E-state index in [1.54, 1.807) is 4.52 Å². The van der Waals surface area contributed by atoms with Crippen molar-refractivity contribution in [3.8, 4) is 11.3 Å². The molecule has 5 nitrogen and oxygen atoms in total. The summed E-state index contributed by atoms with van der Waals surface area (Å²) in [6.07, 6.45) is 0. The van der Waals surface area contributed by atoms with E-state index < -0.39 is 0 Å². The Morgan fingerprint density at radius 2 is 1.95 bits per heavy atom. The molecule has 21 heavy (non-hydrogen) atoms. The zero-order valence-electron chi connectivity index (χ0n) is 11.2. The molecule has 2 aromatic carbocycles. The molecule has 4 rings (SSSR count). The van der Waals surface area contributed by atoms with E-state index in [1.165, 1.54) is 0 Å². The lowest BCUT2D eigenvalue weighted by Gasteiger charge is -2.09. The van der Waals surface area contributed by atoms with Crippen LogP contribution >= 0.6 is 11.6 Å². The summed E-state index contributed by atoms with van der Waals surface area (Å²) in [6.45, 7) is 0. The zero-order valence-corrected chi connectivity index (χ0v) is 11.9. The van der Waals surface area contributed by atoms with Crippen molar-refractivity contribution in [1.82, 2.24) is 25.0 Å². The van der Waals surface area contributed by atoms with E-state index in [2.05, 4.69) is 26.6 Å². The molecule has 0 saturated carbocycles. The van der Waals surface area contributed by atoms with Crippen LogP contribution in [0.5, 0.6) is 0 Å². The van der Waals surface area contributed by atoms with Crippen LogP contribution in [0.4, 0.5) is 0 Å². The number of benzene rings is 2. The van der Waals surface area contributed by atoms with Crippen molar-refractivity contribution in [3.05, 3.63) is 47.5 Å². The fourth-order valence-corrected chi connectivity index (χ4v) is 2.68. The Bertz CT molecular complexity index is 982. The lowest BCUT2D eigenvalue weighted by Crippen LogP contribution is -2.04. The first-order valence-corrected chi connectivity index (χ1v) is 6.85. The standard InChI is InChI=1S/C14H9BClN5/c15-8-5-6-12-10(7-8)13(9-3-1-2-4-11(9)16)17-14-18-19-20-21(12)14/h1-7H,15H2. The Morgan fingerprint density at radius 3 is 2.81 bits per heavy atom. The van der Waals surface area contributed by atoms with Crippen LogP contribution < -0.4 is 5.46 Å². The second kappa shape index (κ2) is 4.53. The van der Waals surface area contributed by atoms with E-state index >= 15 is 0 Å². The first kappa shape index (κ1) is 12.3. The molecule has 0 radical (unpaired) electrons. The Balaban J connectivity index is 2.20. The summed E-state index contributed by atoms with van der Waals surface area (Å²) < 4.78 is 1.63. The highest BCUT2D eigenvalue weighted by Crippen LogP contribution is 2.31. The van der Waals surface area contributed by atoms with Gasteiger partial charge in [0.05, 0.1) is 11.2 Å². The second-order valence-electron chi connectivity index (χ2n) is 4.85. The van der Waals surface area contributed by atoms with Gasteiger partial charge in [-0.3, -0.25) is 0 Å². The highest BCUT2D eigenvalue weighted by atomic mass is 35.5. The summed E-state index contributed by atoms with van der Waals surface area (Å²) in [4.78, 5) is 4.58. The summed E-state index contributed by atoms with van der Waals surface area (Å²) in [7, 11) is 2.04. The van der Waals surface area contributed by atoms with E-state index in [1.807, 2.05) is 44.2 Å². The number of nitrogens with zero attached hydrogens (tertiary/aromatic N) is 5. The first-order chi connectivity index (χ1) is 10.2. The van der Waals surface area contributed by atoms with Crippen LogP contribution in [0.3, 0.4) is 0 Å². The van der Waals surface area contributed by atoms with Crippen molar-refractivity contribution in [3.63, 3.8) is 0 Å². The van der Waals surface area contributed by atoms with Crippen molar-refractivity contribution in [2.75, 3.05) is 0 Å². The molecule has 0 N–H and O–H groups in total. The van der Waals surface area contributed by atoms with Gasteiger partial charge in [-0.2, -0.15) is 4.52 Å². The SMILES string of the molecule is Bc1ccc2c(c1)c(-c1ccccc1Cl)nc1nnnn12. The van der Waals surface area contributed by atoms with Crippen molar-refractivity contribution in [2.24, 2.45) is 0 Å². The molecule has 0 bridgehead atoms. The number of hydrogen-bond acceptors (Lipinski definition) is 4. The summed E-state index contributed by atoms with van der Waals surface area (Å²) in [6, 6.07) is 13.7. The van der Waals surface area contributed by atoms with Crippen LogP contribution in [0.1, 0.15) is 0 Å². The van der Waals surface area contributed by atoms with E-state index in [4.69, 9.17) is 11.6 Å². The van der Waals surface area contributed by atoms with Gasteiger partial charge in [-0.25, -0.2) is 4.98 Å². The predicted octanol–water partition coefficient (Wildman–Crippen LogP) is 1.25. The van der Waals surface area contributed by atoms with Crippen molar-refractivity contribution in [2.45, 2.75) is 0 Å². The smallest absolute Gasteiger partial charge is 0.209 e. The van der Waals surface area contributed by atoms with Gasteiger partial charge >= 0.3 is 0 Å². The first-order valence-electron chi connectivity index (χ1n) is 6.47. The van der Waals surface area contributed by atoms with Crippen LogP contribution in [0, 0.1) is 0 Å². The van der Waals surface area contributed by atoms with Gasteiger partial charge in [0.1, 0.15) is 7.85 Å². The molecule has 0 amide bonds. The second-order valence-corrected chi connectivity index (χ2v) is 5.26. The minimum absolute atomic E-state index is 0.460. The lowest BCUT2D eigenvalue weighted by molar-refractivity contribution is 0.840. The summed E-state index contributed by atoms with van der Waals surface area (Å²) in [5.74, 6) is 0.460. The average Bonchev–Trinajstić information content (AvgIpc) is 2.95. The number of aromatic nitrogens is 5. The molecule has 0 spiro atoms. The molecular weight excluding hydrogens is 284 g/mol. The largest absolute Gasteiger partial charge is 0.274 e. The Kier molecular flexibility index (Phi) is 2.65. The molecule has 0 aliphatic carbocycles. The van der Waals surface area contributed by atoms with Crippen LogP contribution in [-0.4, -0.2) is 32.9 Å². The predicted molar refractivity (Wildman–Crippen MR) is 84.7 cm³/mol. The van der Waals surface area contributed by atoms with E-state index in [9.17, 15) is 0 Å². The highest BCUT2D eigenvalue weighted by molar-refractivity contribution is 6.34. The zero-order chi connectivity index (χ0) is 14.4. The van der Waals surface area contributed by atoms with Gasteiger partial charge in [0.25, 0.3) is 5.78 Å². The minimum Gasteiger partial charge on any atom is -0.209 e. The highest BCUT2D eigenvalue weighted by Gasteiger charge is 2.14. The normalized spacial score (nSPS) is 11.3. The monoisotopic (exact) mass is 293 g/mol. The molecule has 0 atom stereocenters. The topological polar surface area (TPSA) is 56.0 Å². The Labute approximate surface area is 126 Å². The molecule has 2 aromatic heterocycles.